The van der Waals surface area contributed by atoms with Gasteiger partial charge in [-0.1, -0.05) is 15.9 Å². The van der Waals surface area contributed by atoms with Crippen molar-refractivity contribution >= 4 is 21.8 Å². The highest BCUT2D eigenvalue weighted by Crippen LogP contribution is 2.15. The zero-order valence-corrected chi connectivity index (χ0v) is 15.6. The van der Waals surface area contributed by atoms with Crippen molar-refractivity contribution in [1.29, 1.82) is 0 Å². The number of halogens is 1. The van der Waals surface area contributed by atoms with Gasteiger partial charge >= 0.3 is 0 Å². The van der Waals surface area contributed by atoms with Crippen LogP contribution in [0.1, 0.15) is 30.8 Å². The van der Waals surface area contributed by atoms with Crippen LogP contribution in [0.15, 0.2) is 39.6 Å². The van der Waals surface area contributed by atoms with E-state index < -0.39 is 17.2 Å². The lowest BCUT2D eigenvalue weighted by Gasteiger charge is -2.10. The first kappa shape index (κ1) is 19.1. The maximum Gasteiger partial charge on any atom is 0.275 e. The number of aromatic nitrogens is 2. The molecule has 0 saturated heterocycles. The summed E-state index contributed by atoms with van der Waals surface area (Å²) >= 11 is 3.31. The normalized spacial score (nSPS) is 10.9. The molecule has 1 aromatic carbocycles. The van der Waals surface area contributed by atoms with Crippen LogP contribution in [0.3, 0.4) is 0 Å². The van der Waals surface area contributed by atoms with E-state index in [1.165, 1.54) is 0 Å². The first-order chi connectivity index (χ1) is 11.9. The molecule has 0 aliphatic carbocycles. The first-order valence-corrected chi connectivity index (χ1v) is 8.67. The Kier molecular flexibility index (Phi) is 6.72. The Bertz CT molecular complexity index is 787. The molecule has 0 saturated carbocycles. The minimum absolute atomic E-state index is 0.135. The lowest BCUT2D eigenvalue weighted by Crippen LogP contribution is -2.30. The maximum atomic E-state index is 12.2. The Labute approximate surface area is 153 Å². The van der Waals surface area contributed by atoms with E-state index in [0.29, 0.717) is 25.3 Å². The van der Waals surface area contributed by atoms with E-state index in [4.69, 9.17) is 4.74 Å². The summed E-state index contributed by atoms with van der Waals surface area (Å²) in [5, 5.41) is 16.5. The van der Waals surface area contributed by atoms with Gasteiger partial charge in [-0.2, -0.15) is 9.78 Å². The van der Waals surface area contributed by atoms with Gasteiger partial charge in [-0.25, -0.2) is 0 Å². The molecule has 1 heterocycles. The first-order valence-electron chi connectivity index (χ1n) is 7.87. The average Bonchev–Trinajstić information content (AvgIpc) is 2.55. The molecule has 0 aliphatic heterocycles. The standard InChI is InChI=1S/C17H20BrN3O4/c1-11(2)25-9-3-8-19-17(24)16-14(22)10-15(23)21(20-16)13-6-4-12(18)5-7-13/h4-7,10-11,22H,3,8-9H2,1-2H3,(H,19,24). The molecule has 1 amide bonds. The number of ether oxygens (including phenoxy) is 1. The SMILES string of the molecule is CC(C)OCCCNC(=O)c1nn(-c2ccc(Br)cc2)c(=O)cc1O. The number of hydrogen-bond acceptors (Lipinski definition) is 5. The van der Waals surface area contributed by atoms with Gasteiger partial charge in [0.05, 0.1) is 11.8 Å². The second-order valence-corrected chi connectivity index (χ2v) is 6.55. The molecule has 25 heavy (non-hydrogen) atoms. The molecule has 0 unspecified atom stereocenters. The van der Waals surface area contributed by atoms with Gasteiger partial charge in [0, 0.05) is 23.7 Å². The van der Waals surface area contributed by atoms with Crippen molar-refractivity contribution in [3.05, 3.63) is 50.9 Å². The van der Waals surface area contributed by atoms with Crippen LogP contribution >= 0.6 is 15.9 Å². The minimum atomic E-state index is -0.548. The molecule has 1 aromatic heterocycles. The lowest BCUT2D eigenvalue weighted by atomic mass is 10.3. The molecule has 0 spiro atoms. The van der Waals surface area contributed by atoms with Crippen LogP contribution in [0.5, 0.6) is 5.75 Å². The molecule has 2 N–H and O–H groups in total. The van der Waals surface area contributed by atoms with Crippen LogP contribution in [-0.4, -0.2) is 40.0 Å². The number of nitrogens with one attached hydrogen (secondary N) is 1. The van der Waals surface area contributed by atoms with Crippen molar-refractivity contribution in [3.63, 3.8) is 0 Å². The van der Waals surface area contributed by atoms with Crippen LogP contribution in [0.2, 0.25) is 0 Å². The van der Waals surface area contributed by atoms with Crippen LogP contribution in [-0.2, 0) is 4.74 Å². The molecular weight excluding hydrogens is 390 g/mol. The number of carbonyl (C=O) groups excluding carboxylic acids is 1. The lowest BCUT2D eigenvalue weighted by molar-refractivity contribution is 0.0756. The Morgan fingerprint density at radius 3 is 2.68 bits per heavy atom. The van der Waals surface area contributed by atoms with E-state index >= 15 is 0 Å². The fraction of sp³-hybridized carbons (Fsp3) is 0.353. The smallest absolute Gasteiger partial charge is 0.275 e. The third kappa shape index (κ3) is 5.40. The van der Waals surface area contributed by atoms with Gasteiger partial charge in [0.25, 0.3) is 11.5 Å². The summed E-state index contributed by atoms with van der Waals surface area (Å²) in [7, 11) is 0. The zero-order chi connectivity index (χ0) is 18.4. The van der Waals surface area contributed by atoms with Crippen LogP contribution in [0.25, 0.3) is 5.69 Å². The fourth-order valence-corrected chi connectivity index (χ4v) is 2.32. The Morgan fingerprint density at radius 1 is 1.36 bits per heavy atom. The minimum Gasteiger partial charge on any atom is -0.505 e. The number of amides is 1. The van der Waals surface area contributed by atoms with Gasteiger partial charge in [0.1, 0.15) is 0 Å². The second kappa shape index (κ2) is 8.77. The van der Waals surface area contributed by atoms with E-state index in [9.17, 15) is 14.7 Å². The van der Waals surface area contributed by atoms with Gasteiger partial charge in [-0.15, -0.1) is 0 Å². The van der Waals surface area contributed by atoms with Crippen molar-refractivity contribution in [2.45, 2.75) is 26.4 Å². The van der Waals surface area contributed by atoms with Crippen LogP contribution in [0.4, 0.5) is 0 Å². The summed E-state index contributed by atoms with van der Waals surface area (Å²) in [6.45, 7) is 4.78. The third-order valence-electron chi connectivity index (χ3n) is 3.26. The largest absolute Gasteiger partial charge is 0.505 e. The summed E-state index contributed by atoms with van der Waals surface area (Å²) in [5.41, 5.74) is -0.235. The van der Waals surface area contributed by atoms with Crippen LogP contribution < -0.4 is 10.9 Å². The maximum absolute atomic E-state index is 12.2. The summed E-state index contributed by atoms with van der Waals surface area (Å²) < 4.78 is 7.31. The summed E-state index contributed by atoms with van der Waals surface area (Å²) in [5.74, 6) is -0.998. The van der Waals surface area contributed by atoms with Crippen LogP contribution in [0, 0.1) is 0 Å². The average molecular weight is 410 g/mol. The number of hydrogen-bond donors (Lipinski definition) is 2. The fourth-order valence-electron chi connectivity index (χ4n) is 2.05. The third-order valence-corrected chi connectivity index (χ3v) is 3.78. The number of aromatic hydroxyl groups is 1. The van der Waals surface area contributed by atoms with E-state index in [1.54, 1.807) is 24.3 Å². The van der Waals surface area contributed by atoms with E-state index in [1.807, 2.05) is 13.8 Å². The topological polar surface area (TPSA) is 93.5 Å². The van der Waals surface area contributed by atoms with Gasteiger partial charge in [-0.3, -0.25) is 9.59 Å². The number of rotatable bonds is 7. The quantitative estimate of drug-likeness (QED) is 0.683. The Hall–Kier alpha value is -2.19. The molecule has 7 nitrogen and oxygen atoms in total. The van der Waals surface area contributed by atoms with Gasteiger partial charge in [0.15, 0.2) is 11.4 Å². The van der Waals surface area contributed by atoms with Crippen molar-refractivity contribution in [3.8, 4) is 11.4 Å². The van der Waals surface area contributed by atoms with E-state index in [0.717, 1.165) is 15.2 Å². The molecule has 0 aliphatic rings. The molecular formula is C17H20BrN3O4. The van der Waals surface area contributed by atoms with Crippen molar-refractivity contribution < 1.29 is 14.6 Å². The molecule has 0 radical (unpaired) electrons. The van der Waals surface area contributed by atoms with Gasteiger partial charge in [-0.05, 0) is 44.5 Å². The zero-order valence-electron chi connectivity index (χ0n) is 14.0. The summed E-state index contributed by atoms with van der Waals surface area (Å²) in [4.78, 5) is 24.3. The molecule has 0 fully saturated rings. The Morgan fingerprint density at radius 2 is 2.04 bits per heavy atom. The summed E-state index contributed by atoms with van der Waals surface area (Å²) in [6, 6.07) is 7.85. The molecule has 8 heteroatoms. The second-order valence-electron chi connectivity index (χ2n) is 5.63. The predicted molar refractivity (Wildman–Crippen MR) is 97.2 cm³/mol. The predicted octanol–water partition coefficient (Wildman–Crippen LogP) is 2.25. The van der Waals surface area contributed by atoms with E-state index in [2.05, 4.69) is 26.3 Å². The molecule has 0 bridgehead atoms. The number of carbonyl (C=O) groups is 1. The van der Waals surface area contributed by atoms with Crippen molar-refractivity contribution in [2.24, 2.45) is 0 Å². The van der Waals surface area contributed by atoms with Crippen molar-refractivity contribution in [2.75, 3.05) is 13.2 Å². The number of nitrogens with zero attached hydrogens (tertiary/aromatic N) is 2. The van der Waals surface area contributed by atoms with Gasteiger partial charge in [0.2, 0.25) is 0 Å². The number of benzene rings is 1. The highest BCUT2D eigenvalue weighted by molar-refractivity contribution is 9.10. The monoisotopic (exact) mass is 409 g/mol. The van der Waals surface area contributed by atoms with Gasteiger partial charge < -0.3 is 15.2 Å². The van der Waals surface area contributed by atoms with Crippen molar-refractivity contribution in [1.82, 2.24) is 15.1 Å². The highest BCUT2D eigenvalue weighted by Gasteiger charge is 2.16. The highest BCUT2D eigenvalue weighted by atomic mass is 79.9. The Balaban J connectivity index is 2.12. The van der Waals surface area contributed by atoms with E-state index in [-0.39, 0.29) is 11.8 Å². The molecule has 2 rings (SSSR count). The molecule has 0 atom stereocenters. The summed E-state index contributed by atoms with van der Waals surface area (Å²) in [6.07, 6.45) is 0.771. The molecule has 2 aromatic rings. The molecule has 134 valence electrons.